The summed E-state index contributed by atoms with van der Waals surface area (Å²) in [5, 5.41) is 19.6. The zero-order valence-corrected chi connectivity index (χ0v) is 12.1. The van der Waals surface area contributed by atoms with Crippen molar-refractivity contribution < 1.29 is 15.0 Å². The maximum atomic E-state index is 11.4. The molecule has 2 rings (SSSR count). The summed E-state index contributed by atoms with van der Waals surface area (Å²) in [6.07, 6.45) is 0. The Morgan fingerprint density at radius 2 is 1.76 bits per heavy atom. The number of carboxylic acids is 1. The van der Waals surface area contributed by atoms with E-state index in [4.69, 9.17) is 5.73 Å². The number of aromatic hydroxyl groups is 1. The van der Waals surface area contributed by atoms with Gasteiger partial charge in [-0.25, -0.2) is 0 Å². The van der Waals surface area contributed by atoms with Gasteiger partial charge in [0.15, 0.2) is 0 Å². The molecule has 2 aromatic rings. The van der Waals surface area contributed by atoms with Gasteiger partial charge in [-0.3, -0.25) is 4.79 Å². The second-order valence-corrected chi connectivity index (χ2v) is 5.27. The summed E-state index contributed by atoms with van der Waals surface area (Å²) in [5.41, 5.74) is 8.99. The fourth-order valence-electron chi connectivity index (χ4n) is 2.72. The molecule has 0 unspecified atom stereocenters. The number of phenolic OH excluding ortho intramolecular Hbond substituents is 1. The van der Waals surface area contributed by atoms with Crippen molar-refractivity contribution in [1.82, 2.24) is 0 Å². The second-order valence-electron chi connectivity index (χ2n) is 5.27. The van der Waals surface area contributed by atoms with E-state index < -0.39 is 17.9 Å². The minimum atomic E-state index is -1.13. The minimum Gasteiger partial charge on any atom is -0.508 e. The molecule has 0 amide bonds. The van der Waals surface area contributed by atoms with Crippen molar-refractivity contribution in [2.24, 2.45) is 5.73 Å². The van der Waals surface area contributed by atoms with Crippen LogP contribution in [-0.4, -0.2) is 22.2 Å². The van der Waals surface area contributed by atoms with Crippen molar-refractivity contribution in [3.05, 3.63) is 64.7 Å². The average Bonchev–Trinajstić information content (AvgIpc) is 2.42. The standard InChI is InChI=1S/C17H19NO3/c1-10-8-11(2)14(13(19)9-10)15(16(18)17(20)21)12-6-4-3-5-7-12/h3-9,15-16,19H,18H2,1-2H3,(H,20,21)/t15-,16-/m0/s1. The molecule has 2 aromatic carbocycles. The second kappa shape index (κ2) is 5.97. The number of carbonyl (C=O) groups is 1. The van der Waals surface area contributed by atoms with Crippen LogP contribution in [0.25, 0.3) is 0 Å². The summed E-state index contributed by atoms with van der Waals surface area (Å²) < 4.78 is 0. The first-order chi connectivity index (χ1) is 9.91. The van der Waals surface area contributed by atoms with Gasteiger partial charge in [-0.2, -0.15) is 0 Å². The third-order valence-electron chi connectivity index (χ3n) is 3.62. The van der Waals surface area contributed by atoms with Crippen molar-refractivity contribution in [1.29, 1.82) is 0 Å². The molecule has 0 fully saturated rings. The monoisotopic (exact) mass is 285 g/mol. The highest BCUT2D eigenvalue weighted by Crippen LogP contribution is 2.36. The van der Waals surface area contributed by atoms with Crippen LogP contribution in [0.4, 0.5) is 0 Å². The van der Waals surface area contributed by atoms with E-state index in [2.05, 4.69) is 0 Å². The van der Waals surface area contributed by atoms with Gasteiger partial charge >= 0.3 is 5.97 Å². The summed E-state index contributed by atoms with van der Waals surface area (Å²) in [5.74, 6) is -1.61. The summed E-state index contributed by atoms with van der Waals surface area (Å²) in [4.78, 5) is 11.4. The first-order valence-corrected chi connectivity index (χ1v) is 6.75. The van der Waals surface area contributed by atoms with Gasteiger partial charge in [0.25, 0.3) is 0 Å². The quantitative estimate of drug-likeness (QED) is 0.806. The summed E-state index contributed by atoms with van der Waals surface area (Å²) >= 11 is 0. The molecule has 110 valence electrons. The van der Waals surface area contributed by atoms with Crippen LogP contribution < -0.4 is 5.73 Å². The van der Waals surface area contributed by atoms with Crippen LogP contribution in [-0.2, 0) is 4.79 Å². The molecule has 0 heterocycles. The number of aryl methyl sites for hydroxylation is 2. The molecule has 0 aliphatic heterocycles. The molecular weight excluding hydrogens is 266 g/mol. The Bertz CT molecular complexity index is 629. The third kappa shape index (κ3) is 3.06. The van der Waals surface area contributed by atoms with Gasteiger partial charge < -0.3 is 15.9 Å². The Hall–Kier alpha value is -2.33. The highest BCUT2D eigenvalue weighted by Gasteiger charge is 2.30. The van der Waals surface area contributed by atoms with Crippen LogP contribution in [0, 0.1) is 13.8 Å². The summed E-state index contributed by atoms with van der Waals surface area (Å²) in [6.45, 7) is 3.73. The highest BCUT2D eigenvalue weighted by molar-refractivity contribution is 5.76. The summed E-state index contributed by atoms with van der Waals surface area (Å²) in [6, 6.07) is 11.6. The SMILES string of the molecule is Cc1cc(C)c([C@H](c2ccccc2)[C@H](N)C(=O)O)c(O)c1. The van der Waals surface area contributed by atoms with Gasteiger partial charge in [0.1, 0.15) is 11.8 Å². The molecule has 0 radical (unpaired) electrons. The van der Waals surface area contributed by atoms with Crippen LogP contribution in [0.15, 0.2) is 42.5 Å². The van der Waals surface area contributed by atoms with Crippen LogP contribution in [0.2, 0.25) is 0 Å². The molecule has 0 aliphatic carbocycles. The Labute approximate surface area is 123 Å². The van der Waals surface area contributed by atoms with Gasteiger partial charge in [-0.15, -0.1) is 0 Å². The molecule has 0 aliphatic rings. The lowest BCUT2D eigenvalue weighted by Crippen LogP contribution is -2.37. The lowest BCUT2D eigenvalue weighted by Gasteiger charge is -2.25. The maximum Gasteiger partial charge on any atom is 0.321 e. The van der Waals surface area contributed by atoms with Crippen LogP contribution >= 0.6 is 0 Å². The topological polar surface area (TPSA) is 83.6 Å². The number of benzene rings is 2. The van der Waals surface area contributed by atoms with E-state index in [1.165, 1.54) is 0 Å². The number of phenols is 1. The molecule has 0 saturated heterocycles. The molecule has 0 spiro atoms. The Balaban J connectivity index is 2.64. The fraction of sp³-hybridized carbons (Fsp3) is 0.235. The van der Waals surface area contributed by atoms with E-state index in [1.54, 1.807) is 6.07 Å². The van der Waals surface area contributed by atoms with Gasteiger partial charge in [-0.1, -0.05) is 36.4 Å². The smallest absolute Gasteiger partial charge is 0.321 e. The number of hydrogen-bond acceptors (Lipinski definition) is 3. The van der Waals surface area contributed by atoms with E-state index in [9.17, 15) is 15.0 Å². The lowest BCUT2D eigenvalue weighted by molar-refractivity contribution is -0.138. The number of carboxylic acid groups (broad SMARTS) is 1. The lowest BCUT2D eigenvalue weighted by atomic mass is 9.82. The normalized spacial score (nSPS) is 13.7. The highest BCUT2D eigenvalue weighted by atomic mass is 16.4. The Kier molecular flexibility index (Phi) is 4.29. The molecule has 4 nitrogen and oxygen atoms in total. The number of aliphatic carboxylic acids is 1. The largest absolute Gasteiger partial charge is 0.508 e. The maximum absolute atomic E-state index is 11.4. The van der Waals surface area contributed by atoms with Gasteiger partial charge in [-0.05, 0) is 36.6 Å². The zero-order valence-electron chi connectivity index (χ0n) is 12.1. The average molecular weight is 285 g/mol. The zero-order chi connectivity index (χ0) is 15.6. The van der Waals surface area contributed by atoms with Crippen molar-refractivity contribution in [3.63, 3.8) is 0 Å². The molecule has 0 saturated carbocycles. The Morgan fingerprint density at radius 1 is 1.14 bits per heavy atom. The molecule has 2 atom stereocenters. The molecule has 0 aromatic heterocycles. The van der Waals surface area contributed by atoms with Gasteiger partial charge in [0.2, 0.25) is 0 Å². The number of rotatable bonds is 4. The van der Waals surface area contributed by atoms with Gasteiger partial charge in [0.05, 0.1) is 0 Å². The van der Waals surface area contributed by atoms with Crippen molar-refractivity contribution in [3.8, 4) is 5.75 Å². The predicted molar refractivity (Wildman–Crippen MR) is 81.5 cm³/mol. The molecular formula is C17H19NO3. The van der Waals surface area contributed by atoms with Crippen molar-refractivity contribution in [2.75, 3.05) is 0 Å². The van der Waals surface area contributed by atoms with Crippen molar-refractivity contribution in [2.45, 2.75) is 25.8 Å². The Morgan fingerprint density at radius 3 is 2.29 bits per heavy atom. The number of nitrogens with two attached hydrogens (primary N) is 1. The first kappa shape index (κ1) is 15.1. The molecule has 4 heteroatoms. The van der Waals surface area contributed by atoms with E-state index in [0.29, 0.717) is 5.56 Å². The van der Waals surface area contributed by atoms with E-state index in [-0.39, 0.29) is 5.75 Å². The minimum absolute atomic E-state index is 0.0815. The van der Waals surface area contributed by atoms with Gasteiger partial charge in [0, 0.05) is 11.5 Å². The van der Waals surface area contributed by atoms with E-state index in [0.717, 1.165) is 16.7 Å². The van der Waals surface area contributed by atoms with Crippen LogP contribution in [0.1, 0.15) is 28.2 Å². The first-order valence-electron chi connectivity index (χ1n) is 6.75. The van der Waals surface area contributed by atoms with Crippen LogP contribution in [0.3, 0.4) is 0 Å². The number of hydrogen-bond donors (Lipinski definition) is 3. The van der Waals surface area contributed by atoms with Crippen molar-refractivity contribution >= 4 is 5.97 Å². The van der Waals surface area contributed by atoms with Crippen LogP contribution in [0.5, 0.6) is 5.75 Å². The molecule has 4 N–H and O–H groups in total. The summed E-state index contributed by atoms with van der Waals surface area (Å²) in [7, 11) is 0. The van der Waals surface area contributed by atoms with E-state index >= 15 is 0 Å². The van der Waals surface area contributed by atoms with E-state index in [1.807, 2.05) is 50.2 Å². The fourth-order valence-corrected chi connectivity index (χ4v) is 2.72. The third-order valence-corrected chi connectivity index (χ3v) is 3.62. The molecule has 0 bridgehead atoms. The predicted octanol–water partition coefficient (Wildman–Crippen LogP) is 2.55. The molecule has 21 heavy (non-hydrogen) atoms.